The van der Waals surface area contributed by atoms with E-state index >= 15 is 0 Å². The molecular weight excluding hydrogens is 286 g/mol. The van der Waals surface area contributed by atoms with Crippen molar-refractivity contribution < 1.29 is 0 Å². The molecule has 126 valence electrons. The van der Waals surface area contributed by atoms with E-state index in [0.29, 0.717) is 18.1 Å². The molecule has 1 aromatic rings. The maximum absolute atomic E-state index is 12.4. The third-order valence-corrected chi connectivity index (χ3v) is 6.10. The van der Waals surface area contributed by atoms with E-state index in [0.717, 1.165) is 31.6 Å². The lowest BCUT2D eigenvalue weighted by Gasteiger charge is -2.32. The monoisotopic (exact) mass is 315 g/mol. The van der Waals surface area contributed by atoms with Crippen molar-refractivity contribution in [2.75, 3.05) is 0 Å². The van der Waals surface area contributed by atoms with E-state index < -0.39 is 0 Å². The van der Waals surface area contributed by atoms with Crippen LogP contribution < -0.4 is 10.9 Å². The fourth-order valence-electron chi connectivity index (χ4n) is 4.43. The maximum Gasteiger partial charge on any atom is 0.267 e. The summed E-state index contributed by atoms with van der Waals surface area (Å²) in [6.07, 6.45) is 11.8. The summed E-state index contributed by atoms with van der Waals surface area (Å²) in [5.74, 6) is 0.914. The van der Waals surface area contributed by atoms with Gasteiger partial charge in [-0.1, -0.05) is 0 Å². The van der Waals surface area contributed by atoms with Crippen LogP contribution in [0.15, 0.2) is 10.9 Å². The van der Waals surface area contributed by atoms with Gasteiger partial charge in [-0.3, -0.25) is 4.79 Å². The molecule has 1 aromatic heterocycles. The summed E-state index contributed by atoms with van der Waals surface area (Å²) in [6, 6.07) is 3.47. The summed E-state index contributed by atoms with van der Waals surface area (Å²) in [6.45, 7) is 2.33. The van der Waals surface area contributed by atoms with Crippen molar-refractivity contribution in [3.8, 4) is 0 Å². The molecule has 1 atom stereocenters. The van der Waals surface area contributed by atoms with Crippen LogP contribution in [0.5, 0.6) is 0 Å². The molecule has 0 radical (unpaired) electrons. The van der Waals surface area contributed by atoms with Crippen LogP contribution in [-0.4, -0.2) is 21.9 Å². The molecule has 0 saturated heterocycles. The van der Waals surface area contributed by atoms with Crippen molar-refractivity contribution in [2.45, 2.75) is 89.3 Å². The first kappa shape index (κ1) is 15.4. The highest BCUT2D eigenvalue weighted by Crippen LogP contribution is 2.34. The lowest BCUT2D eigenvalue weighted by atomic mass is 9.90. The van der Waals surface area contributed by atoms with E-state index in [4.69, 9.17) is 5.10 Å². The normalized spacial score (nSPS) is 29.1. The van der Waals surface area contributed by atoms with Gasteiger partial charge in [0.2, 0.25) is 0 Å². The Kier molecular flexibility index (Phi) is 4.27. The Morgan fingerprint density at radius 2 is 1.87 bits per heavy atom. The van der Waals surface area contributed by atoms with Gasteiger partial charge in [0.1, 0.15) is 0 Å². The number of aryl methyl sites for hydroxylation is 2. The zero-order valence-electron chi connectivity index (χ0n) is 14.3. The molecule has 0 bridgehead atoms. The standard InChI is InChI=1S/C19H29N3O/c1-13(14-6-7-14)20-16-8-10-17(11-9-16)22-19(23)12-15-4-2-3-5-18(15)21-22/h12-14,16-17,20H,2-11H2,1H3. The predicted molar refractivity (Wildman–Crippen MR) is 91.8 cm³/mol. The van der Waals surface area contributed by atoms with Gasteiger partial charge in [-0.2, -0.15) is 5.10 Å². The van der Waals surface area contributed by atoms with Gasteiger partial charge in [0.25, 0.3) is 5.56 Å². The molecule has 0 aliphatic heterocycles. The maximum atomic E-state index is 12.4. The average molecular weight is 315 g/mol. The molecule has 1 heterocycles. The summed E-state index contributed by atoms with van der Waals surface area (Å²) in [7, 11) is 0. The van der Waals surface area contributed by atoms with Crippen molar-refractivity contribution >= 4 is 0 Å². The highest BCUT2D eigenvalue weighted by atomic mass is 16.1. The molecule has 4 rings (SSSR count). The van der Waals surface area contributed by atoms with E-state index in [-0.39, 0.29) is 5.56 Å². The van der Waals surface area contributed by atoms with Crippen LogP contribution in [0, 0.1) is 5.92 Å². The number of nitrogens with zero attached hydrogens (tertiary/aromatic N) is 2. The molecule has 0 aromatic carbocycles. The summed E-state index contributed by atoms with van der Waals surface area (Å²) in [5.41, 5.74) is 2.50. The topological polar surface area (TPSA) is 46.9 Å². The molecule has 3 aliphatic rings. The van der Waals surface area contributed by atoms with Crippen molar-refractivity contribution in [2.24, 2.45) is 5.92 Å². The van der Waals surface area contributed by atoms with E-state index in [2.05, 4.69) is 12.2 Å². The third kappa shape index (κ3) is 3.37. The van der Waals surface area contributed by atoms with E-state index in [1.165, 1.54) is 49.8 Å². The fraction of sp³-hybridized carbons (Fsp3) is 0.789. The van der Waals surface area contributed by atoms with Crippen LogP contribution >= 0.6 is 0 Å². The van der Waals surface area contributed by atoms with Gasteiger partial charge in [-0.25, -0.2) is 4.68 Å². The van der Waals surface area contributed by atoms with Crippen molar-refractivity contribution in [1.82, 2.24) is 15.1 Å². The Morgan fingerprint density at radius 1 is 1.13 bits per heavy atom. The highest BCUT2D eigenvalue weighted by molar-refractivity contribution is 5.20. The number of nitrogens with one attached hydrogen (secondary N) is 1. The van der Waals surface area contributed by atoms with Gasteiger partial charge < -0.3 is 5.32 Å². The number of hydrogen-bond acceptors (Lipinski definition) is 3. The van der Waals surface area contributed by atoms with E-state index in [1.807, 2.05) is 10.7 Å². The number of fused-ring (bicyclic) bond motifs is 1. The first-order valence-corrected chi connectivity index (χ1v) is 9.58. The molecule has 2 fully saturated rings. The van der Waals surface area contributed by atoms with Crippen molar-refractivity contribution in [3.05, 3.63) is 27.7 Å². The molecule has 3 aliphatic carbocycles. The Morgan fingerprint density at radius 3 is 2.61 bits per heavy atom. The van der Waals surface area contributed by atoms with E-state index in [1.54, 1.807) is 0 Å². The second-order valence-electron chi connectivity index (χ2n) is 7.90. The van der Waals surface area contributed by atoms with Crippen LogP contribution in [0.3, 0.4) is 0 Å². The summed E-state index contributed by atoms with van der Waals surface area (Å²) in [4.78, 5) is 12.4. The number of rotatable bonds is 4. The molecule has 1 N–H and O–H groups in total. The molecule has 2 saturated carbocycles. The number of aromatic nitrogens is 2. The Labute approximate surface area is 138 Å². The second kappa shape index (κ2) is 6.39. The summed E-state index contributed by atoms with van der Waals surface area (Å²) in [5, 5.41) is 8.55. The SMILES string of the molecule is CC(NC1CCC(n2nc3c(cc2=O)CCCC3)CC1)C1CC1. The smallest absolute Gasteiger partial charge is 0.267 e. The summed E-state index contributed by atoms with van der Waals surface area (Å²) >= 11 is 0. The first-order valence-electron chi connectivity index (χ1n) is 9.58. The Bertz CT molecular complexity index is 612. The van der Waals surface area contributed by atoms with Crippen molar-refractivity contribution in [1.29, 1.82) is 0 Å². The molecule has 4 nitrogen and oxygen atoms in total. The van der Waals surface area contributed by atoms with Crippen LogP contribution in [0.2, 0.25) is 0 Å². The van der Waals surface area contributed by atoms with Gasteiger partial charge in [0.15, 0.2) is 0 Å². The minimum atomic E-state index is 0.119. The molecule has 1 unspecified atom stereocenters. The predicted octanol–water partition coefficient (Wildman–Crippen LogP) is 2.99. The van der Waals surface area contributed by atoms with Crippen molar-refractivity contribution in [3.63, 3.8) is 0 Å². The molecule has 4 heteroatoms. The lowest BCUT2D eigenvalue weighted by Crippen LogP contribution is -2.41. The molecular formula is C19H29N3O. The molecule has 0 spiro atoms. The van der Waals surface area contributed by atoms with Gasteiger partial charge in [-0.05, 0) is 82.6 Å². The van der Waals surface area contributed by atoms with Gasteiger partial charge in [0, 0.05) is 18.2 Å². The number of hydrogen-bond donors (Lipinski definition) is 1. The van der Waals surface area contributed by atoms with Crippen LogP contribution in [0.25, 0.3) is 0 Å². The summed E-state index contributed by atoms with van der Waals surface area (Å²) < 4.78 is 1.81. The van der Waals surface area contributed by atoms with E-state index in [9.17, 15) is 4.79 Å². The lowest BCUT2D eigenvalue weighted by molar-refractivity contribution is 0.252. The molecule has 23 heavy (non-hydrogen) atoms. The third-order valence-electron chi connectivity index (χ3n) is 6.10. The Hall–Kier alpha value is -1.16. The zero-order valence-corrected chi connectivity index (χ0v) is 14.3. The fourth-order valence-corrected chi connectivity index (χ4v) is 4.43. The van der Waals surface area contributed by atoms with Crippen LogP contribution in [0.1, 0.15) is 75.6 Å². The second-order valence-corrected chi connectivity index (χ2v) is 7.90. The van der Waals surface area contributed by atoms with Gasteiger partial charge in [0.05, 0.1) is 11.7 Å². The van der Waals surface area contributed by atoms with Crippen LogP contribution in [0.4, 0.5) is 0 Å². The zero-order chi connectivity index (χ0) is 15.8. The van der Waals surface area contributed by atoms with Gasteiger partial charge >= 0.3 is 0 Å². The highest BCUT2D eigenvalue weighted by Gasteiger charge is 2.31. The first-order chi connectivity index (χ1) is 11.2. The van der Waals surface area contributed by atoms with Crippen LogP contribution in [-0.2, 0) is 12.8 Å². The Balaban J connectivity index is 1.41. The average Bonchev–Trinajstić information content (AvgIpc) is 3.40. The minimum absolute atomic E-state index is 0.119. The van der Waals surface area contributed by atoms with Gasteiger partial charge in [-0.15, -0.1) is 0 Å². The quantitative estimate of drug-likeness (QED) is 0.929. The largest absolute Gasteiger partial charge is 0.311 e. The molecule has 0 amide bonds. The minimum Gasteiger partial charge on any atom is -0.311 e.